The molecule has 1 nitrogen and oxygen atoms in total. The molecule has 0 radical (unpaired) electrons. The highest BCUT2D eigenvalue weighted by Crippen LogP contribution is 2.61. The molecule has 2 aliphatic carbocycles. The van der Waals surface area contributed by atoms with Gasteiger partial charge in [0.15, 0.2) is 0 Å². The quantitative estimate of drug-likeness (QED) is 0.656. The maximum Gasteiger partial charge on any atom is 0.136 e. The van der Waals surface area contributed by atoms with Gasteiger partial charge in [-0.1, -0.05) is 13.8 Å². The molecule has 0 aliphatic heterocycles. The Balaban J connectivity index is 2.10. The van der Waals surface area contributed by atoms with Crippen LogP contribution in [-0.2, 0) is 4.79 Å². The normalized spacial score (nSPS) is 28.0. The van der Waals surface area contributed by atoms with Crippen LogP contribution < -0.4 is 0 Å². The van der Waals surface area contributed by atoms with Crippen molar-refractivity contribution in [2.24, 2.45) is 16.7 Å². The molecule has 0 amide bonds. The van der Waals surface area contributed by atoms with Gasteiger partial charge in [0.05, 0.1) is 0 Å². The van der Waals surface area contributed by atoms with E-state index in [0.29, 0.717) is 17.1 Å². The summed E-state index contributed by atoms with van der Waals surface area (Å²) in [6.07, 6.45) is 7.79. The molecule has 2 saturated carbocycles. The minimum Gasteiger partial charge on any atom is -0.299 e. The van der Waals surface area contributed by atoms with Gasteiger partial charge in [-0.15, -0.1) is 0 Å². The lowest BCUT2D eigenvalue weighted by Crippen LogP contribution is -2.39. The van der Waals surface area contributed by atoms with E-state index in [4.69, 9.17) is 0 Å². The number of hydrogen-bond acceptors (Lipinski definition) is 1. The van der Waals surface area contributed by atoms with E-state index in [1.54, 1.807) is 6.92 Å². The van der Waals surface area contributed by atoms with E-state index in [-0.39, 0.29) is 5.41 Å². The molecule has 0 heterocycles. The second-order valence-corrected chi connectivity index (χ2v) is 5.87. The Hall–Kier alpha value is -0.330. The largest absolute Gasteiger partial charge is 0.299 e. The molecule has 0 aromatic carbocycles. The predicted molar refractivity (Wildman–Crippen MR) is 58.1 cm³/mol. The lowest BCUT2D eigenvalue weighted by atomic mass is 9.61. The summed E-state index contributed by atoms with van der Waals surface area (Å²) in [6, 6.07) is 0. The van der Waals surface area contributed by atoms with Crippen LogP contribution >= 0.6 is 0 Å². The van der Waals surface area contributed by atoms with Gasteiger partial charge in [0.1, 0.15) is 5.78 Å². The Morgan fingerprint density at radius 3 is 1.71 bits per heavy atom. The number of carbonyl (C=O) groups excluding carboxylic acids is 1. The third-order valence-corrected chi connectivity index (χ3v) is 4.97. The summed E-state index contributed by atoms with van der Waals surface area (Å²) in [5.41, 5.74) is 0.738. The molecular weight excluding hydrogens is 172 g/mol. The Morgan fingerprint density at radius 1 is 1.00 bits per heavy atom. The SMILES string of the molecule is CC(=O)C1(C(C)C)CCC2(CC2)CC1. The first-order valence-electron chi connectivity index (χ1n) is 6.02. The fourth-order valence-electron chi connectivity index (χ4n) is 3.24. The summed E-state index contributed by atoms with van der Waals surface area (Å²) in [6.45, 7) is 6.23. The maximum absolute atomic E-state index is 11.8. The summed E-state index contributed by atoms with van der Waals surface area (Å²) in [5.74, 6) is 0.958. The molecule has 1 spiro atoms. The Kier molecular flexibility index (Phi) is 2.24. The molecule has 1 heteroatoms. The van der Waals surface area contributed by atoms with Gasteiger partial charge in [-0.25, -0.2) is 0 Å². The molecule has 2 rings (SSSR count). The van der Waals surface area contributed by atoms with Crippen LogP contribution in [0.4, 0.5) is 0 Å². The summed E-state index contributed by atoms with van der Waals surface area (Å²) in [5, 5.41) is 0. The average Bonchev–Trinajstić information content (AvgIpc) is 2.86. The number of ketones is 1. The highest BCUT2D eigenvalue weighted by molar-refractivity contribution is 5.82. The molecule has 0 N–H and O–H groups in total. The second-order valence-electron chi connectivity index (χ2n) is 5.87. The van der Waals surface area contributed by atoms with E-state index in [0.717, 1.165) is 12.8 Å². The number of carbonyl (C=O) groups is 1. The summed E-state index contributed by atoms with van der Waals surface area (Å²) >= 11 is 0. The van der Waals surface area contributed by atoms with Crippen LogP contribution in [0.15, 0.2) is 0 Å². The number of Topliss-reactive ketones (excluding diaryl/α,β-unsaturated/α-hetero) is 1. The molecule has 0 aromatic rings. The van der Waals surface area contributed by atoms with Crippen molar-refractivity contribution in [3.8, 4) is 0 Å². The van der Waals surface area contributed by atoms with Crippen LogP contribution in [0.5, 0.6) is 0 Å². The topological polar surface area (TPSA) is 17.1 Å². The average molecular weight is 194 g/mol. The molecule has 0 aromatic heterocycles. The summed E-state index contributed by atoms with van der Waals surface area (Å²) in [4.78, 5) is 11.8. The Labute approximate surface area is 87.3 Å². The lowest BCUT2D eigenvalue weighted by Gasteiger charge is -2.41. The molecule has 0 unspecified atom stereocenters. The van der Waals surface area contributed by atoms with E-state index in [9.17, 15) is 4.79 Å². The molecule has 0 bridgehead atoms. The van der Waals surface area contributed by atoms with Gasteiger partial charge < -0.3 is 0 Å². The van der Waals surface area contributed by atoms with Gasteiger partial charge in [-0.2, -0.15) is 0 Å². The number of rotatable bonds is 2. The van der Waals surface area contributed by atoms with Gasteiger partial charge in [0.25, 0.3) is 0 Å². The third kappa shape index (κ3) is 1.41. The third-order valence-electron chi connectivity index (χ3n) is 4.97. The molecular formula is C13H22O. The fourth-order valence-corrected chi connectivity index (χ4v) is 3.24. The van der Waals surface area contributed by atoms with E-state index in [1.165, 1.54) is 25.7 Å². The number of hydrogen-bond donors (Lipinski definition) is 0. The van der Waals surface area contributed by atoms with Crippen molar-refractivity contribution in [3.63, 3.8) is 0 Å². The zero-order valence-electron chi connectivity index (χ0n) is 9.73. The van der Waals surface area contributed by atoms with Crippen LogP contribution in [0.25, 0.3) is 0 Å². The molecule has 2 aliphatic rings. The lowest BCUT2D eigenvalue weighted by molar-refractivity contribution is -0.132. The first kappa shape index (κ1) is 10.2. The van der Waals surface area contributed by atoms with E-state index < -0.39 is 0 Å². The Bertz CT molecular complexity index is 238. The van der Waals surface area contributed by atoms with Crippen LogP contribution in [0, 0.1) is 16.7 Å². The molecule has 14 heavy (non-hydrogen) atoms. The van der Waals surface area contributed by atoms with E-state index >= 15 is 0 Å². The van der Waals surface area contributed by atoms with Crippen molar-refractivity contribution < 1.29 is 4.79 Å². The van der Waals surface area contributed by atoms with Crippen molar-refractivity contribution in [3.05, 3.63) is 0 Å². The smallest absolute Gasteiger partial charge is 0.136 e. The summed E-state index contributed by atoms with van der Waals surface area (Å²) in [7, 11) is 0. The van der Waals surface area contributed by atoms with E-state index in [1.807, 2.05) is 0 Å². The first-order chi connectivity index (χ1) is 6.51. The molecule has 0 atom stereocenters. The van der Waals surface area contributed by atoms with E-state index in [2.05, 4.69) is 13.8 Å². The molecule has 2 fully saturated rings. The van der Waals surface area contributed by atoms with Crippen molar-refractivity contribution >= 4 is 5.78 Å². The zero-order chi connectivity index (χ0) is 10.4. The summed E-state index contributed by atoms with van der Waals surface area (Å²) < 4.78 is 0. The first-order valence-corrected chi connectivity index (χ1v) is 6.02. The van der Waals surface area contributed by atoms with Gasteiger partial charge in [-0.3, -0.25) is 4.79 Å². The van der Waals surface area contributed by atoms with Crippen molar-refractivity contribution in [2.75, 3.05) is 0 Å². The molecule has 0 saturated heterocycles. The van der Waals surface area contributed by atoms with Crippen molar-refractivity contribution in [2.45, 2.75) is 59.3 Å². The highest BCUT2D eigenvalue weighted by Gasteiger charge is 2.51. The van der Waals surface area contributed by atoms with Crippen LogP contribution in [0.3, 0.4) is 0 Å². The zero-order valence-corrected chi connectivity index (χ0v) is 9.73. The van der Waals surface area contributed by atoms with Crippen molar-refractivity contribution in [1.29, 1.82) is 0 Å². The van der Waals surface area contributed by atoms with Crippen LogP contribution in [0.2, 0.25) is 0 Å². The highest BCUT2D eigenvalue weighted by atomic mass is 16.1. The Morgan fingerprint density at radius 2 is 1.43 bits per heavy atom. The van der Waals surface area contributed by atoms with Gasteiger partial charge in [-0.05, 0) is 56.8 Å². The predicted octanol–water partition coefficient (Wildman–Crippen LogP) is 3.57. The maximum atomic E-state index is 11.8. The fraction of sp³-hybridized carbons (Fsp3) is 0.923. The van der Waals surface area contributed by atoms with Gasteiger partial charge in [0, 0.05) is 5.41 Å². The van der Waals surface area contributed by atoms with Crippen LogP contribution in [-0.4, -0.2) is 5.78 Å². The van der Waals surface area contributed by atoms with Crippen LogP contribution in [0.1, 0.15) is 59.3 Å². The minimum atomic E-state index is 0.0356. The van der Waals surface area contributed by atoms with Gasteiger partial charge in [0.2, 0.25) is 0 Å². The minimum absolute atomic E-state index is 0.0356. The van der Waals surface area contributed by atoms with Gasteiger partial charge >= 0.3 is 0 Å². The molecule has 80 valence electrons. The second kappa shape index (κ2) is 3.08. The van der Waals surface area contributed by atoms with Crippen molar-refractivity contribution in [1.82, 2.24) is 0 Å². The monoisotopic (exact) mass is 194 g/mol. The standard InChI is InChI=1S/C13H22O/c1-10(2)13(11(3)14)8-6-12(4-5-12)7-9-13/h10H,4-9H2,1-3H3.